The van der Waals surface area contributed by atoms with E-state index in [0.717, 1.165) is 0 Å². The second-order valence-corrected chi connectivity index (χ2v) is 4.66. The van der Waals surface area contributed by atoms with Crippen LogP contribution < -0.4 is 9.47 Å². The minimum Gasteiger partial charge on any atom is -0.493 e. The van der Waals surface area contributed by atoms with Gasteiger partial charge in [0.05, 0.1) is 19.1 Å². The lowest BCUT2D eigenvalue weighted by molar-refractivity contribution is -0.385. The van der Waals surface area contributed by atoms with Crippen LogP contribution in [0.5, 0.6) is 11.5 Å². The number of ether oxygens (including phenoxy) is 2. The number of aryl methyl sites for hydroxylation is 1. The number of hydrogen-bond donors (Lipinski definition) is 0. The molecule has 0 fully saturated rings. The average Bonchev–Trinajstić information content (AvgIpc) is 2.52. The van der Waals surface area contributed by atoms with Gasteiger partial charge in [0.15, 0.2) is 17.3 Å². The number of nitro groups is 1. The number of methoxy groups -OCH3 is 2. The highest BCUT2D eigenvalue weighted by Crippen LogP contribution is 2.29. The quantitative estimate of drug-likeness (QED) is 0.481. The lowest BCUT2D eigenvalue weighted by Crippen LogP contribution is -2.03. The van der Waals surface area contributed by atoms with E-state index in [-0.39, 0.29) is 11.5 Å². The number of carbonyl (C=O) groups excluding carboxylic acids is 1. The van der Waals surface area contributed by atoms with Crippen molar-refractivity contribution in [3.63, 3.8) is 0 Å². The molecule has 0 spiro atoms. The van der Waals surface area contributed by atoms with E-state index in [1.54, 1.807) is 25.1 Å². The van der Waals surface area contributed by atoms with Gasteiger partial charge in [-0.1, -0.05) is 0 Å². The third-order valence-corrected chi connectivity index (χ3v) is 3.30. The van der Waals surface area contributed by atoms with Crippen LogP contribution in [0, 0.1) is 17.0 Å². The molecule has 2 aromatic carbocycles. The maximum atomic E-state index is 12.5. The van der Waals surface area contributed by atoms with E-state index >= 15 is 0 Å². The molecular weight excluding hydrogens is 286 g/mol. The molecule has 0 amide bonds. The summed E-state index contributed by atoms with van der Waals surface area (Å²) in [5.74, 6) is 0.741. The van der Waals surface area contributed by atoms with Crippen LogP contribution in [0.15, 0.2) is 36.4 Å². The molecule has 0 aliphatic carbocycles. The molecule has 6 nitrogen and oxygen atoms in total. The number of hydrogen-bond acceptors (Lipinski definition) is 5. The fourth-order valence-electron chi connectivity index (χ4n) is 2.15. The zero-order chi connectivity index (χ0) is 16.3. The molecule has 0 aliphatic rings. The van der Waals surface area contributed by atoms with Crippen LogP contribution in [0.2, 0.25) is 0 Å². The molecule has 22 heavy (non-hydrogen) atoms. The molecule has 0 unspecified atom stereocenters. The first-order valence-corrected chi connectivity index (χ1v) is 6.49. The monoisotopic (exact) mass is 301 g/mol. The second kappa shape index (κ2) is 6.26. The Bertz CT molecular complexity index is 739. The van der Waals surface area contributed by atoms with E-state index in [0.29, 0.717) is 28.2 Å². The van der Waals surface area contributed by atoms with Crippen LogP contribution in [-0.4, -0.2) is 24.9 Å². The summed E-state index contributed by atoms with van der Waals surface area (Å²) in [5.41, 5.74) is 1.24. The largest absolute Gasteiger partial charge is 0.493 e. The van der Waals surface area contributed by atoms with Gasteiger partial charge in [0.1, 0.15) is 0 Å². The van der Waals surface area contributed by atoms with Crippen LogP contribution in [0.1, 0.15) is 21.5 Å². The molecular formula is C16H15NO5. The molecule has 6 heteroatoms. The van der Waals surface area contributed by atoms with Crippen LogP contribution in [0.4, 0.5) is 5.69 Å². The van der Waals surface area contributed by atoms with E-state index in [9.17, 15) is 14.9 Å². The molecule has 0 heterocycles. The molecule has 0 aromatic heterocycles. The molecule has 0 bridgehead atoms. The Kier molecular flexibility index (Phi) is 4.41. The van der Waals surface area contributed by atoms with Gasteiger partial charge in [-0.15, -0.1) is 0 Å². The summed E-state index contributed by atoms with van der Waals surface area (Å²) in [5, 5.41) is 10.8. The van der Waals surface area contributed by atoms with Crippen molar-refractivity contribution in [3.05, 3.63) is 63.2 Å². The van der Waals surface area contributed by atoms with Gasteiger partial charge < -0.3 is 9.47 Å². The van der Waals surface area contributed by atoms with E-state index in [1.165, 1.54) is 32.4 Å². The van der Waals surface area contributed by atoms with Gasteiger partial charge in [-0.3, -0.25) is 14.9 Å². The molecule has 2 rings (SSSR count). The molecule has 0 radical (unpaired) electrons. The van der Waals surface area contributed by atoms with E-state index < -0.39 is 4.92 Å². The average molecular weight is 301 g/mol. The molecule has 0 N–H and O–H groups in total. The summed E-state index contributed by atoms with van der Waals surface area (Å²) in [6, 6.07) is 9.15. The van der Waals surface area contributed by atoms with Crippen molar-refractivity contribution < 1.29 is 19.2 Å². The summed E-state index contributed by atoms with van der Waals surface area (Å²) in [7, 11) is 3.00. The summed E-state index contributed by atoms with van der Waals surface area (Å²) in [6.45, 7) is 1.60. The topological polar surface area (TPSA) is 78.7 Å². The highest BCUT2D eigenvalue weighted by atomic mass is 16.6. The van der Waals surface area contributed by atoms with Gasteiger partial charge in [0.2, 0.25) is 0 Å². The fourth-order valence-corrected chi connectivity index (χ4v) is 2.15. The number of carbonyl (C=O) groups is 1. The summed E-state index contributed by atoms with van der Waals surface area (Å²) < 4.78 is 10.3. The van der Waals surface area contributed by atoms with Crippen LogP contribution in [0.25, 0.3) is 0 Å². The SMILES string of the molecule is COc1ccc(C(=O)c2ccc([N+](=O)[O-])c(C)c2)cc1OC. The van der Waals surface area contributed by atoms with Crippen molar-refractivity contribution in [2.45, 2.75) is 6.92 Å². The summed E-state index contributed by atoms with van der Waals surface area (Å²) in [6.07, 6.45) is 0. The van der Waals surface area contributed by atoms with Crippen LogP contribution in [-0.2, 0) is 0 Å². The van der Waals surface area contributed by atoms with Crippen molar-refractivity contribution in [1.82, 2.24) is 0 Å². The first-order chi connectivity index (χ1) is 10.5. The zero-order valence-corrected chi connectivity index (χ0v) is 12.5. The highest BCUT2D eigenvalue weighted by molar-refractivity contribution is 6.09. The van der Waals surface area contributed by atoms with Crippen molar-refractivity contribution in [2.75, 3.05) is 14.2 Å². The third-order valence-electron chi connectivity index (χ3n) is 3.30. The third kappa shape index (κ3) is 2.90. The Labute approximate surface area is 127 Å². The van der Waals surface area contributed by atoms with Gasteiger partial charge in [-0.25, -0.2) is 0 Å². The van der Waals surface area contributed by atoms with Gasteiger partial charge in [0.25, 0.3) is 5.69 Å². The Morgan fingerprint density at radius 1 is 1.00 bits per heavy atom. The zero-order valence-electron chi connectivity index (χ0n) is 12.5. The van der Waals surface area contributed by atoms with Gasteiger partial charge >= 0.3 is 0 Å². The highest BCUT2D eigenvalue weighted by Gasteiger charge is 2.16. The Hall–Kier alpha value is -2.89. The first kappa shape index (κ1) is 15.5. The minimum absolute atomic E-state index is 0.0103. The molecule has 0 atom stereocenters. The van der Waals surface area contributed by atoms with Crippen LogP contribution >= 0.6 is 0 Å². The van der Waals surface area contributed by atoms with Crippen molar-refractivity contribution in [3.8, 4) is 11.5 Å². The van der Waals surface area contributed by atoms with Crippen LogP contribution in [0.3, 0.4) is 0 Å². The standard InChI is InChI=1S/C16H15NO5/c1-10-8-11(4-6-13(10)17(19)20)16(18)12-5-7-14(21-2)15(9-12)22-3/h4-9H,1-3H3. The maximum Gasteiger partial charge on any atom is 0.272 e. The second-order valence-electron chi connectivity index (χ2n) is 4.66. The number of nitro benzene ring substituents is 1. The molecule has 2 aromatic rings. The van der Waals surface area contributed by atoms with Gasteiger partial charge in [0, 0.05) is 22.8 Å². The molecule has 0 saturated heterocycles. The van der Waals surface area contributed by atoms with Gasteiger partial charge in [-0.2, -0.15) is 0 Å². The van der Waals surface area contributed by atoms with Crippen molar-refractivity contribution >= 4 is 11.5 Å². The first-order valence-electron chi connectivity index (χ1n) is 6.49. The lowest BCUT2D eigenvalue weighted by Gasteiger charge is -2.09. The maximum absolute atomic E-state index is 12.5. The summed E-state index contributed by atoms with van der Waals surface area (Å²) >= 11 is 0. The minimum atomic E-state index is -0.472. The summed E-state index contributed by atoms with van der Waals surface area (Å²) in [4.78, 5) is 22.8. The molecule has 0 aliphatic heterocycles. The van der Waals surface area contributed by atoms with Crippen molar-refractivity contribution in [1.29, 1.82) is 0 Å². The fraction of sp³-hybridized carbons (Fsp3) is 0.188. The predicted octanol–water partition coefficient (Wildman–Crippen LogP) is 3.15. The van der Waals surface area contributed by atoms with Crippen molar-refractivity contribution in [2.24, 2.45) is 0 Å². The number of nitrogens with zero attached hydrogens (tertiary/aromatic N) is 1. The molecule has 114 valence electrons. The van der Waals surface area contributed by atoms with E-state index in [2.05, 4.69) is 0 Å². The predicted molar refractivity (Wildman–Crippen MR) is 80.8 cm³/mol. The Morgan fingerprint density at radius 2 is 1.59 bits per heavy atom. The smallest absolute Gasteiger partial charge is 0.272 e. The Balaban J connectivity index is 2.40. The van der Waals surface area contributed by atoms with Gasteiger partial charge in [-0.05, 0) is 37.3 Å². The normalized spacial score (nSPS) is 10.1. The van der Waals surface area contributed by atoms with E-state index in [1.807, 2.05) is 0 Å². The Morgan fingerprint density at radius 3 is 2.14 bits per heavy atom. The number of ketones is 1. The lowest BCUT2D eigenvalue weighted by atomic mass is 10.0. The number of benzene rings is 2. The molecule has 0 saturated carbocycles. The number of rotatable bonds is 5. The van der Waals surface area contributed by atoms with E-state index in [4.69, 9.17) is 9.47 Å².